The van der Waals surface area contributed by atoms with Crippen LogP contribution in [-0.2, 0) is 24.4 Å². The van der Waals surface area contributed by atoms with Gasteiger partial charge in [0.05, 0.1) is 30.1 Å². The molecule has 2 rings (SSSR count). The van der Waals surface area contributed by atoms with Crippen LogP contribution in [0.15, 0.2) is 48.5 Å². The second-order valence-electron chi connectivity index (χ2n) is 14.3. The summed E-state index contributed by atoms with van der Waals surface area (Å²) in [6.45, 7) is 13.9. The average Bonchev–Trinajstić information content (AvgIpc) is 3.04. The van der Waals surface area contributed by atoms with Crippen LogP contribution in [0.5, 0.6) is 0 Å². The normalized spacial score (nSPS) is 14.5. The molecule has 0 radical (unpaired) electrons. The largest absolute Gasteiger partial charge is 0.391 e. The van der Waals surface area contributed by atoms with Crippen molar-refractivity contribution in [1.29, 1.82) is 0 Å². The SMILES string of the molecule is CC(=O)NC(CC(O)C(CC(C)C)NC(=O)c1cc(C(=O)NC(C)c2ccccc2)cc(N(C)S(C)(=O)=O)c1)C(=O)NC(C(=O)NC(C)C)C(C)C. The summed E-state index contributed by atoms with van der Waals surface area (Å²) in [6, 6.07) is 9.59. The number of benzene rings is 2. The number of carbonyl (C=O) groups excluding carboxylic acids is 5. The number of rotatable bonds is 18. The van der Waals surface area contributed by atoms with Crippen molar-refractivity contribution in [3.8, 4) is 0 Å². The number of aliphatic hydroxyl groups excluding tert-OH is 1. The van der Waals surface area contributed by atoms with Gasteiger partial charge in [0.15, 0.2) is 0 Å². The summed E-state index contributed by atoms with van der Waals surface area (Å²) in [6.07, 6.45) is -0.403. The van der Waals surface area contributed by atoms with Crippen molar-refractivity contribution in [2.45, 2.75) is 105 Å². The Morgan fingerprint density at radius 3 is 1.79 bits per heavy atom. The molecular formula is C37H56N6O8S. The van der Waals surface area contributed by atoms with E-state index in [9.17, 15) is 37.5 Å². The molecule has 52 heavy (non-hydrogen) atoms. The second kappa shape index (κ2) is 19.4. The number of hydrogen-bond donors (Lipinski definition) is 6. The summed E-state index contributed by atoms with van der Waals surface area (Å²) in [5.74, 6) is -3.19. The van der Waals surface area contributed by atoms with Gasteiger partial charge in [0.1, 0.15) is 12.1 Å². The first kappa shape index (κ1) is 43.7. The Morgan fingerprint density at radius 2 is 1.31 bits per heavy atom. The third-order valence-electron chi connectivity index (χ3n) is 8.31. The Hall–Kier alpha value is -4.50. The van der Waals surface area contributed by atoms with E-state index in [2.05, 4.69) is 26.6 Å². The van der Waals surface area contributed by atoms with Crippen molar-refractivity contribution in [2.75, 3.05) is 17.6 Å². The number of anilines is 1. The molecule has 0 aromatic heterocycles. The highest BCUT2D eigenvalue weighted by Crippen LogP contribution is 2.23. The zero-order valence-electron chi connectivity index (χ0n) is 31.8. The minimum absolute atomic E-state index is 0.0329. The minimum Gasteiger partial charge on any atom is -0.391 e. The lowest BCUT2D eigenvalue weighted by Crippen LogP contribution is -2.57. The van der Waals surface area contributed by atoms with E-state index in [1.54, 1.807) is 34.6 Å². The van der Waals surface area contributed by atoms with Gasteiger partial charge in [0.2, 0.25) is 27.7 Å². The number of nitrogens with one attached hydrogen (secondary N) is 5. The standard InChI is InChI=1S/C37H56N6O8S/c1-21(2)16-30(32(45)20-31(40-25(8)44)36(48)42-33(22(3)4)37(49)38-23(5)6)41-35(47)28-17-27(18-29(19-28)43(9)52(10,50)51)34(46)39-24(7)26-14-12-11-13-15-26/h11-15,17-19,21-24,30-33,45H,16,20H2,1-10H3,(H,38,49)(H,39,46)(H,40,44)(H,41,47)(H,42,48). The van der Waals surface area contributed by atoms with E-state index in [0.29, 0.717) is 0 Å². The number of carbonyl (C=O) groups is 5. The topological polar surface area (TPSA) is 203 Å². The van der Waals surface area contributed by atoms with Crippen LogP contribution >= 0.6 is 0 Å². The summed E-state index contributed by atoms with van der Waals surface area (Å²) in [5, 5.41) is 25.2. The van der Waals surface area contributed by atoms with Crippen molar-refractivity contribution >= 4 is 45.2 Å². The van der Waals surface area contributed by atoms with Gasteiger partial charge in [-0.25, -0.2) is 8.42 Å². The van der Waals surface area contributed by atoms with Crippen LogP contribution < -0.4 is 30.9 Å². The molecule has 0 bridgehead atoms. The second-order valence-corrected chi connectivity index (χ2v) is 16.3. The average molecular weight is 745 g/mol. The number of hydrogen-bond acceptors (Lipinski definition) is 8. The Kier molecular flexibility index (Phi) is 16.3. The molecule has 0 saturated heterocycles. The Balaban J connectivity index is 2.43. The fraction of sp³-hybridized carbons (Fsp3) is 0.541. The minimum atomic E-state index is -3.78. The molecule has 6 N–H and O–H groups in total. The van der Waals surface area contributed by atoms with E-state index in [1.165, 1.54) is 32.2 Å². The molecular weight excluding hydrogens is 689 g/mol. The molecule has 5 amide bonds. The first-order chi connectivity index (χ1) is 24.1. The molecule has 0 aliphatic rings. The highest BCUT2D eigenvalue weighted by atomic mass is 32.2. The Morgan fingerprint density at radius 1 is 0.750 bits per heavy atom. The predicted octanol–water partition coefficient (Wildman–Crippen LogP) is 2.64. The highest BCUT2D eigenvalue weighted by Gasteiger charge is 2.33. The van der Waals surface area contributed by atoms with Crippen LogP contribution in [-0.4, -0.2) is 86.6 Å². The molecule has 0 aliphatic heterocycles. The number of amides is 5. The number of aliphatic hydroxyl groups is 1. The van der Waals surface area contributed by atoms with Gasteiger partial charge < -0.3 is 31.7 Å². The van der Waals surface area contributed by atoms with Crippen LogP contribution in [0.4, 0.5) is 5.69 Å². The molecule has 15 heteroatoms. The van der Waals surface area contributed by atoms with E-state index in [-0.39, 0.29) is 47.5 Å². The summed E-state index contributed by atoms with van der Waals surface area (Å²) in [4.78, 5) is 65.7. The van der Waals surface area contributed by atoms with E-state index >= 15 is 0 Å². The molecule has 0 aliphatic carbocycles. The number of sulfonamides is 1. The van der Waals surface area contributed by atoms with E-state index in [0.717, 1.165) is 16.1 Å². The molecule has 0 spiro atoms. The molecule has 0 fully saturated rings. The van der Waals surface area contributed by atoms with Crippen LogP contribution in [0, 0.1) is 11.8 Å². The molecule has 0 saturated carbocycles. The Labute approximate surface area is 307 Å². The smallest absolute Gasteiger partial charge is 0.251 e. The maximum Gasteiger partial charge on any atom is 0.251 e. The van der Waals surface area contributed by atoms with Crippen molar-refractivity contribution in [3.05, 3.63) is 65.2 Å². The lowest BCUT2D eigenvalue weighted by Gasteiger charge is -2.30. The zero-order valence-corrected chi connectivity index (χ0v) is 32.6. The summed E-state index contributed by atoms with van der Waals surface area (Å²) < 4.78 is 25.9. The third kappa shape index (κ3) is 13.6. The van der Waals surface area contributed by atoms with Crippen LogP contribution in [0.3, 0.4) is 0 Å². The molecule has 0 heterocycles. The highest BCUT2D eigenvalue weighted by molar-refractivity contribution is 7.92. The zero-order chi connectivity index (χ0) is 39.5. The van der Waals surface area contributed by atoms with Gasteiger partial charge in [0, 0.05) is 37.6 Å². The van der Waals surface area contributed by atoms with Crippen LogP contribution in [0.2, 0.25) is 0 Å². The van der Waals surface area contributed by atoms with Crippen LogP contribution in [0.25, 0.3) is 0 Å². The molecule has 5 unspecified atom stereocenters. The quantitative estimate of drug-likeness (QED) is 0.134. The first-order valence-corrected chi connectivity index (χ1v) is 19.3. The lowest BCUT2D eigenvalue weighted by molar-refractivity contribution is -0.133. The predicted molar refractivity (Wildman–Crippen MR) is 201 cm³/mol. The monoisotopic (exact) mass is 744 g/mol. The fourth-order valence-corrected chi connectivity index (χ4v) is 5.96. The van der Waals surface area contributed by atoms with E-state index in [4.69, 9.17) is 0 Å². The number of nitrogens with zero attached hydrogens (tertiary/aromatic N) is 1. The van der Waals surface area contributed by atoms with Gasteiger partial charge in [-0.1, -0.05) is 58.0 Å². The maximum atomic E-state index is 13.8. The van der Waals surface area contributed by atoms with Crippen molar-refractivity contribution in [1.82, 2.24) is 26.6 Å². The van der Waals surface area contributed by atoms with Gasteiger partial charge in [-0.15, -0.1) is 0 Å². The van der Waals surface area contributed by atoms with Crippen molar-refractivity contribution in [2.24, 2.45) is 11.8 Å². The van der Waals surface area contributed by atoms with Gasteiger partial charge >= 0.3 is 0 Å². The van der Waals surface area contributed by atoms with E-state index in [1.807, 2.05) is 44.2 Å². The molecule has 2 aromatic carbocycles. The lowest BCUT2D eigenvalue weighted by atomic mass is 9.93. The van der Waals surface area contributed by atoms with Crippen molar-refractivity contribution in [3.63, 3.8) is 0 Å². The molecule has 14 nitrogen and oxygen atoms in total. The summed E-state index contributed by atoms with van der Waals surface area (Å²) >= 11 is 0. The van der Waals surface area contributed by atoms with Gasteiger partial charge in [-0.3, -0.25) is 28.3 Å². The van der Waals surface area contributed by atoms with Crippen molar-refractivity contribution < 1.29 is 37.5 Å². The fourth-order valence-electron chi connectivity index (χ4n) is 5.47. The van der Waals surface area contributed by atoms with E-state index < -0.39 is 69.8 Å². The molecule has 288 valence electrons. The molecule has 5 atom stereocenters. The van der Waals surface area contributed by atoms with Gasteiger partial charge in [-0.05, 0) is 62.8 Å². The summed E-state index contributed by atoms with van der Waals surface area (Å²) in [5.41, 5.74) is 0.898. The van der Waals surface area contributed by atoms with Gasteiger partial charge in [-0.2, -0.15) is 0 Å². The Bertz CT molecular complexity index is 1670. The van der Waals surface area contributed by atoms with Crippen LogP contribution in [0.1, 0.15) is 101 Å². The third-order valence-corrected chi connectivity index (χ3v) is 9.51. The summed E-state index contributed by atoms with van der Waals surface area (Å²) in [7, 11) is -2.48. The first-order valence-electron chi connectivity index (χ1n) is 17.4. The molecule has 2 aromatic rings. The van der Waals surface area contributed by atoms with Gasteiger partial charge in [0.25, 0.3) is 11.8 Å². The maximum absolute atomic E-state index is 13.8.